The number of hydrogen-bond donors (Lipinski definition) is 4. The maximum atomic E-state index is 10.7. The molecule has 0 aliphatic carbocycles. The topological polar surface area (TPSA) is 128 Å². The van der Waals surface area contributed by atoms with Crippen molar-refractivity contribution in [1.82, 2.24) is 9.97 Å². The average molecular weight is 287 g/mol. The zero-order chi connectivity index (χ0) is 15.9. The molecule has 0 amide bonds. The second kappa shape index (κ2) is 6.96. The van der Waals surface area contributed by atoms with Crippen LogP contribution in [0.4, 0.5) is 11.4 Å². The minimum absolute atomic E-state index is 0.126. The van der Waals surface area contributed by atoms with Crippen LogP contribution in [0.25, 0.3) is 0 Å². The van der Waals surface area contributed by atoms with E-state index in [1.165, 1.54) is 18.3 Å². The Kier molecular flexibility index (Phi) is 5.31. The number of nitrogens with one attached hydrogen (secondary N) is 3. The summed E-state index contributed by atoms with van der Waals surface area (Å²) in [5.74, 6) is 0. The molecule has 0 unspecified atom stereocenters. The fourth-order valence-electron chi connectivity index (χ4n) is 1.30. The highest BCUT2D eigenvalue weighted by Gasteiger charge is 2.15. The van der Waals surface area contributed by atoms with Gasteiger partial charge in [-0.05, 0) is 26.0 Å². The number of nitriles is 1. The predicted octanol–water partition coefficient (Wildman–Crippen LogP) is 1.05. The Morgan fingerprint density at radius 1 is 1.10 bits per heavy atom. The van der Waals surface area contributed by atoms with Gasteiger partial charge in [0.2, 0.25) is 11.1 Å². The molecule has 0 spiro atoms. The molecule has 0 saturated carbocycles. The van der Waals surface area contributed by atoms with Gasteiger partial charge in [-0.25, -0.2) is 0 Å². The van der Waals surface area contributed by atoms with Gasteiger partial charge in [0.25, 0.3) is 0 Å². The van der Waals surface area contributed by atoms with Crippen LogP contribution in [0.1, 0.15) is 13.8 Å². The highest BCUT2D eigenvalue weighted by atomic mass is 16.1. The standard InChI is InChI=1S/C9H11N3O.C5H6N2O/c1-9(2,6-10)12-7-3-4-8(13)11-5-7;6-4-1-2-5(8)7-3-4/h3-5,12H,1-2H3,(H,11,13);1-3H,6H2,(H,7,8). The van der Waals surface area contributed by atoms with E-state index in [9.17, 15) is 9.59 Å². The number of anilines is 2. The minimum atomic E-state index is -0.627. The Balaban J connectivity index is 0.000000235. The van der Waals surface area contributed by atoms with E-state index in [1.54, 1.807) is 32.2 Å². The van der Waals surface area contributed by atoms with Crippen molar-refractivity contribution in [2.75, 3.05) is 11.1 Å². The van der Waals surface area contributed by atoms with Crippen LogP contribution in [0.3, 0.4) is 0 Å². The van der Waals surface area contributed by atoms with E-state index in [2.05, 4.69) is 21.4 Å². The van der Waals surface area contributed by atoms with E-state index in [-0.39, 0.29) is 11.1 Å². The Morgan fingerprint density at radius 2 is 1.67 bits per heavy atom. The molecular weight excluding hydrogens is 270 g/mol. The molecule has 0 aliphatic heterocycles. The Hall–Kier alpha value is -3.01. The van der Waals surface area contributed by atoms with E-state index < -0.39 is 5.54 Å². The lowest BCUT2D eigenvalue weighted by molar-refractivity contribution is 0.728. The number of rotatable bonds is 2. The third-order valence-corrected chi connectivity index (χ3v) is 2.33. The zero-order valence-corrected chi connectivity index (χ0v) is 11.8. The molecule has 0 bridgehead atoms. The second-order valence-electron chi connectivity index (χ2n) is 4.79. The van der Waals surface area contributed by atoms with Crippen molar-refractivity contribution in [3.63, 3.8) is 0 Å². The monoisotopic (exact) mass is 287 g/mol. The molecule has 110 valence electrons. The van der Waals surface area contributed by atoms with Crippen molar-refractivity contribution >= 4 is 11.4 Å². The molecule has 0 saturated heterocycles. The molecule has 0 aliphatic rings. The summed E-state index contributed by atoms with van der Waals surface area (Å²) in [6.07, 6.45) is 3.00. The van der Waals surface area contributed by atoms with Crippen molar-refractivity contribution in [2.45, 2.75) is 19.4 Å². The molecule has 7 heteroatoms. The number of hydrogen-bond acceptors (Lipinski definition) is 5. The smallest absolute Gasteiger partial charge is 0.248 e. The van der Waals surface area contributed by atoms with Gasteiger partial charge in [0.05, 0.1) is 11.8 Å². The molecule has 5 N–H and O–H groups in total. The summed E-state index contributed by atoms with van der Waals surface area (Å²) in [5, 5.41) is 11.7. The Bertz CT molecular complexity index is 699. The van der Waals surface area contributed by atoms with Gasteiger partial charge in [-0.15, -0.1) is 0 Å². The third-order valence-electron chi connectivity index (χ3n) is 2.33. The molecule has 2 rings (SSSR count). The van der Waals surface area contributed by atoms with Gasteiger partial charge in [-0.2, -0.15) is 5.26 Å². The normalized spacial score (nSPS) is 9.95. The van der Waals surface area contributed by atoms with Crippen molar-refractivity contribution in [2.24, 2.45) is 0 Å². The lowest BCUT2D eigenvalue weighted by atomic mass is 10.1. The van der Waals surface area contributed by atoms with E-state index in [4.69, 9.17) is 11.0 Å². The summed E-state index contributed by atoms with van der Waals surface area (Å²) in [6, 6.07) is 8.09. The first-order chi connectivity index (χ1) is 9.82. The summed E-state index contributed by atoms with van der Waals surface area (Å²) >= 11 is 0. The van der Waals surface area contributed by atoms with Crippen LogP contribution in [0.2, 0.25) is 0 Å². The van der Waals surface area contributed by atoms with E-state index >= 15 is 0 Å². The third kappa shape index (κ3) is 6.11. The molecule has 0 fully saturated rings. The number of aromatic nitrogens is 2. The lowest BCUT2D eigenvalue weighted by Crippen LogP contribution is -2.28. The molecule has 7 nitrogen and oxygen atoms in total. The van der Waals surface area contributed by atoms with E-state index in [0.717, 1.165) is 5.69 Å². The highest BCUT2D eigenvalue weighted by molar-refractivity contribution is 5.44. The molecule has 2 aromatic heterocycles. The summed E-state index contributed by atoms with van der Waals surface area (Å²) in [4.78, 5) is 26.0. The lowest BCUT2D eigenvalue weighted by Gasteiger charge is -2.18. The predicted molar refractivity (Wildman–Crippen MR) is 81.9 cm³/mol. The van der Waals surface area contributed by atoms with E-state index in [0.29, 0.717) is 5.69 Å². The second-order valence-corrected chi connectivity index (χ2v) is 4.79. The van der Waals surface area contributed by atoms with Gasteiger partial charge in [-0.1, -0.05) is 0 Å². The van der Waals surface area contributed by atoms with Gasteiger partial charge in [0.15, 0.2) is 0 Å². The number of aromatic amines is 2. The quantitative estimate of drug-likeness (QED) is 0.656. The first-order valence-electron chi connectivity index (χ1n) is 6.15. The highest BCUT2D eigenvalue weighted by Crippen LogP contribution is 2.10. The van der Waals surface area contributed by atoms with Crippen molar-refractivity contribution in [1.29, 1.82) is 5.26 Å². The van der Waals surface area contributed by atoms with Crippen molar-refractivity contribution in [3.8, 4) is 6.07 Å². The van der Waals surface area contributed by atoms with Gasteiger partial charge >= 0.3 is 0 Å². The Morgan fingerprint density at radius 3 is 2.05 bits per heavy atom. The number of nitrogens with zero attached hydrogens (tertiary/aromatic N) is 1. The number of pyridine rings is 2. The molecule has 21 heavy (non-hydrogen) atoms. The van der Waals surface area contributed by atoms with Gasteiger partial charge in [-0.3, -0.25) is 9.59 Å². The van der Waals surface area contributed by atoms with Crippen LogP contribution in [0, 0.1) is 11.3 Å². The van der Waals surface area contributed by atoms with Crippen LogP contribution in [-0.4, -0.2) is 15.5 Å². The molecule has 2 heterocycles. The summed E-state index contributed by atoms with van der Waals surface area (Å²) < 4.78 is 0. The van der Waals surface area contributed by atoms with Crippen LogP contribution >= 0.6 is 0 Å². The molecule has 0 aromatic carbocycles. The van der Waals surface area contributed by atoms with Crippen molar-refractivity contribution in [3.05, 3.63) is 57.4 Å². The van der Waals surface area contributed by atoms with Crippen LogP contribution in [-0.2, 0) is 0 Å². The number of H-pyrrole nitrogens is 2. The summed E-state index contributed by atoms with van der Waals surface area (Å²) in [5.41, 5.74) is 5.65. The first kappa shape index (κ1) is 16.0. The number of nitrogen functional groups attached to an aromatic ring is 1. The number of nitrogens with two attached hydrogens (primary N) is 1. The summed E-state index contributed by atoms with van der Waals surface area (Å²) in [7, 11) is 0. The average Bonchev–Trinajstić information content (AvgIpc) is 2.45. The minimum Gasteiger partial charge on any atom is -0.398 e. The summed E-state index contributed by atoms with van der Waals surface area (Å²) in [6.45, 7) is 3.52. The Labute approximate surface area is 121 Å². The molecule has 0 radical (unpaired) electrons. The maximum absolute atomic E-state index is 10.7. The van der Waals surface area contributed by atoms with Crippen molar-refractivity contribution < 1.29 is 0 Å². The zero-order valence-electron chi connectivity index (χ0n) is 11.8. The SMILES string of the molecule is CC(C)(C#N)Nc1ccc(=O)[nH]c1.Nc1ccc(=O)[nH]c1. The van der Waals surface area contributed by atoms with Gasteiger partial charge in [0, 0.05) is 30.2 Å². The van der Waals surface area contributed by atoms with Gasteiger partial charge < -0.3 is 21.0 Å². The van der Waals surface area contributed by atoms with Crippen LogP contribution in [0.15, 0.2) is 46.2 Å². The molecular formula is C14H17N5O2. The molecule has 0 atom stereocenters. The van der Waals surface area contributed by atoms with Gasteiger partial charge in [0.1, 0.15) is 5.54 Å². The van der Waals surface area contributed by atoms with Crippen LogP contribution < -0.4 is 22.2 Å². The fraction of sp³-hybridized carbons (Fsp3) is 0.214. The fourth-order valence-corrected chi connectivity index (χ4v) is 1.30. The molecule has 2 aromatic rings. The first-order valence-corrected chi connectivity index (χ1v) is 6.15. The maximum Gasteiger partial charge on any atom is 0.248 e. The van der Waals surface area contributed by atoms with Crippen LogP contribution in [0.5, 0.6) is 0 Å². The largest absolute Gasteiger partial charge is 0.398 e. The van der Waals surface area contributed by atoms with E-state index in [1.807, 2.05) is 0 Å².